The van der Waals surface area contributed by atoms with Crippen LogP contribution in [-0.4, -0.2) is 41.4 Å². The van der Waals surface area contributed by atoms with Crippen LogP contribution < -0.4 is 16.0 Å². The fraction of sp³-hybridized carbons (Fsp3) is 0.667. The maximum atomic E-state index is 13.3. The van der Waals surface area contributed by atoms with Crippen molar-refractivity contribution < 1.29 is 9.59 Å². The molecule has 2 saturated carbocycles. The van der Waals surface area contributed by atoms with Crippen LogP contribution in [0, 0.1) is 17.2 Å². The normalized spacial score (nSPS) is 28.0. The molecule has 1 heterocycles. The van der Waals surface area contributed by atoms with Crippen molar-refractivity contribution in [2.24, 2.45) is 11.8 Å². The Hall–Kier alpha value is -2.57. The first-order valence-corrected chi connectivity index (χ1v) is 13.2. The number of urea groups is 1. The quantitative estimate of drug-likeness (QED) is 0.452. The van der Waals surface area contributed by atoms with Gasteiger partial charge in [0.05, 0.1) is 0 Å². The van der Waals surface area contributed by atoms with Gasteiger partial charge in [0.2, 0.25) is 0 Å². The van der Waals surface area contributed by atoms with Crippen molar-refractivity contribution in [1.29, 1.82) is 5.41 Å². The molecule has 3 aliphatic rings. The molecule has 7 nitrogen and oxygen atoms in total. The fourth-order valence-electron chi connectivity index (χ4n) is 6.24. The highest BCUT2D eigenvalue weighted by molar-refractivity contribution is 6.07. The van der Waals surface area contributed by atoms with Gasteiger partial charge < -0.3 is 16.0 Å². The lowest BCUT2D eigenvalue weighted by molar-refractivity contribution is -0.131. The van der Waals surface area contributed by atoms with Crippen LogP contribution in [0.3, 0.4) is 0 Å². The third kappa shape index (κ3) is 6.10. The van der Waals surface area contributed by atoms with E-state index in [4.69, 9.17) is 5.41 Å². The molecule has 3 fully saturated rings. The van der Waals surface area contributed by atoms with E-state index in [0.29, 0.717) is 18.4 Å². The molecule has 1 aromatic rings. The monoisotopic (exact) mass is 467 g/mol. The highest BCUT2D eigenvalue weighted by atomic mass is 16.2. The zero-order chi connectivity index (χ0) is 24.0. The average Bonchev–Trinajstić information content (AvgIpc) is 3.06. The lowest BCUT2D eigenvalue weighted by Crippen LogP contribution is -2.50. The van der Waals surface area contributed by atoms with Crippen LogP contribution in [0.1, 0.15) is 82.6 Å². The molecule has 7 heteroatoms. The van der Waals surface area contributed by atoms with Crippen molar-refractivity contribution in [3.8, 4) is 0 Å². The van der Waals surface area contributed by atoms with E-state index in [-0.39, 0.29) is 23.9 Å². The fourth-order valence-corrected chi connectivity index (χ4v) is 6.24. The standard InChI is InChI=1S/C27H41N5O2/c1-32-24(33)27(31-25(32)28,16-15-20-9-4-2-5-10-20)18-22-13-8-14-23(17-22)30-26(34)29-19-21-11-6-3-7-12-21/h3,6-7,11-12,20,22-23H,2,4-5,8-10,13-19H2,1H3,(H2,28,31)(H2,29,30,34)/t22-,23+,27+/m0/s1. The van der Waals surface area contributed by atoms with E-state index in [1.54, 1.807) is 7.05 Å². The first-order chi connectivity index (χ1) is 16.4. The number of guanidine groups is 1. The predicted molar refractivity (Wildman–Crippen MR) is 134 cm³/mol. The maximum absolute atomic E-state index is 13.3. The smallest absolute Gasteiger partial charge is 0.315 e. The number of hydrogen-bond donors (Lipinski definition) is 4. The maximum Gasteiger partial charge on any atom is 0.315 e. The number of amides is 3. The molecule has 3 amide bonds. The molecule has 4 rings (SSSR count). The molecule has 0 aromatic heterocycles. The molecule has 2 aliphatic carbocycles. The third-order valence-corrected chi connectivity index (χ3v) is 8.16. The van der Waals surface area contributed by atoms with Crippen molar-refractivity contribution in [2.75, 3.05) is 7.05 Å². The van der Waals surface area contributed by atoms with Crippen molar-refractivity contribution in [2.45, 2.75) is 95.2 Å². The lowest BCUT2D eigenvalue weighted by Gasteiger charge is -2.36. The number of carbonyl (C=O) groups is 2. The minimum absolute atomic E-state index is 0.0454. The predicted octanol–water partition coefficient (Wildman–Crippen LogP) is 4.53. The van der Waals surface area contributed by atoms with Crippen LogP contribution in [0.15, 0.2) is 30.3 Å². The second-order valence-electron chi connectivity index (χ2n) is 10.7. The number of nitrogens with zero attached hydrogens (tertiary/aromatic N) is 1. The molecular weight excluding hydrogens is 426 g/mol. The number of nitrogens with one attached hydrogen (secondary N) is 4. The van der Waals surface area contributed by atoms with Gasteiger partial charge in [-0.3, -0.25) is 15.1 Å². The molecule has 4 N–H and O–H groups in total. The zero-order valence-corrected chi connectivity index (χ0v) is 20.6. The summed E-state index contributed by atoms with van der Waals surface area (Å²) in [6, 6.07) is 9.92. The average molecular weight is 468 g/mol. The van der Waals surface area contributed by atoms with Gasteiger partial charge in [-0.1, -0.05) is 75.3 Å². The Balaban J connectivity index is 1.33. The summed E-state index contributed by atoms with van der Waals surface area (Å²) in [5, 5.41) is 17.7. The van der Waals surface area contributed by atoms with E-state index in [1.807, 2.05) is 30.3 Å². The van der Waals surface area contributed by atoms with Crippen molar-refractivity contribution in [1.82, 2.24) is 20.9 Å². The van der Waals surface area contributed by atoms with E-state index in [9.17, 15) is 9.59 Å². The topological polar surface area (TPSA) is 97.3 Å². The van der Waals surface area contributed by atoms with E-state index in [2.05, 4.69) is 16.0 Å². The summed E-state index contributed by atoms with van der Waals surface area (Å²) in [4.78, 5) is 27.3. The van der Waals surface area contributed by atoms with Crippen LogP contribution >= 0.6 is 0 Å². The number of hydrogen-bond acceptors (Lipinski definition) is 3. The van der Waals surface area contributed by atoms with Gasteiger partial charge in [-0.05, 0) is 49.5 Å². The molecule has 1 aliphatic heterocycles. The SMILES string of the molecule is CN1C(=N)N[C@](CCC2CCCCC2)(C[C@H]2CCC[C@@H](NC(=O)NCc3ccccc3)C2)C1=O. The van der Waals surface area contributed by atoms with Crippen molar-refractivity contribution >= 4 is 17.9 Å². The van der Waals surface area contributed by atoms with Gasteiger partial charge in [0, 0.05) is 19.6 Å². The van der Waals surface area contributed by atoms with Crippen LogP contribution in [0.4, 0.5) is 4.79 Å². The number of rotatable bonds is 8. The molecule has 34 heavy (non-hydrogen) atoms. The van der Waals surface area contributed by atoms with Crippen LogP contribution in [0.5, 0.6) is 0 Å². The Kier molecular flexibility index (Phi) is 8.11. The minimum atomic E-state index is -0.661. The molecule has 186 valence electrons. The number of likely N-dealkylation sites (N-methyl/N-ethyl adjacent to an activating group) is 1. The van der Waals surface area contributed by atoms with Crippen LogP contribution in [0.25, 0.3) is 0 Å². The number of carbonyl (C=O) groups excluding carboxylic acids is 2. The Morgan fingerprint density at radius 3 is 2.53 bits per heavy atom. The molecule has 1 saturated heterocycles. The van der Waals surface area contributed by atoms with E-state index < -0.39 is 5.54 Å². The summed E-state index contributed by atoms with van der Waals surface area (Å²) in [7, 11) is 1.71. The van der Waals surface area contributed by atoms with E-state index >= 15 is 0 Å². The number of benzene rings is 1. The molecule has 0 spiro atoms. The molecule has 3 atom stereocenters. The van der Waals surface area contributed by atoms with Gasteiger partial charge in [-0.15, -0.1) is 0 Å². The lowest BCUT2D eigenvalue weighted by atomic mass is 9.74. The molecule has 1 aromatic carbocycles. The first-order valence-electron chi connectivity index (χ1n) is 13.2. The van der Waals surface area contributed by atoms with Gasteiger partial charge in [0.15, 0.2) is 5.96 Å². The Morgan fingerprint density at radius 2 is 1.82 bits per heavy atom. The van der Waals surface area contributed by atoms with Gasteiger partial charge in [-0.2, -0.15) is 0 Å². The summed E-state index contributed by atoms with van der Waals surface area (Å²) in [5.41, 5.74) is 0.419. The summed E-state index contributed by atoms with van der Waals surface area (Å²) in [6.45, 7) is 0.514. The van der Waals surface area contributed by atoms with Gasteiger partial charge in [-0.25, -0.2) is 4.79 Å². The minimum Gasteiger partial charge on any atom is -0.342 e. The Labute approximate surface area is 203 Å². The second kappa shape index (κ2) is 11.2. The molecule has 0 radical (unpaired) electrons. The van der Waals surface area contributed by atoms with Crippen LogP contribution in [0.2, 0.25) is 0 Å². The summed E-state index contributed by atoms with van der Waals surface area (Å²) < 4.78 is 0. The first kappa shape index (κ1) is 24.6. The summed E-state index contributed by atoms with van der Waals surface area (Å²) in [6.07, 6.45) is 13.1. The van der Waals surface area contributed by atoms with E-state index in [1.165, 1.54) is 37.0 Å². The van der Waals surface area contributed by atoms with Crippen LogP contribution in [-0.2, 0) is 11.3 Å². The van der Waals surface area contributed by atoms with Crippen molar-refractivity contribution in [3.05, 3.63) is 35.9 Å². The van der Waals surface area contributed by atoms with E-state index in [0.717, 1.165) is 50.5 Å². The third-order valence-electron chi connectivity index (χ3n) is 8.16. The Morgan fingerprint density at radius 1 is 1.09 bits per heavy atom. The largest absolute Gasteiger partial charge is 0.342 e. The second-order valence-corrected chi connectivity index (χ2v) is 10.7. The molecular formula is C27H41N5O2. The Bertz CT molecular complexity index is 854. The highest BCUT2D eigenvalue weighted by Gasteiger charge is 2.49. The van der Waals surface area contributed by atoms with Gasteiger partial charge >= 0.3 is 6.03 Å². The van der Waals surface area contributed by atoms with Gasteiger partial charge in [0.25, 0.3) is 5.91 Å². The summed E-state index contributed by atoms with van der Waals surface area (Å²) in [5.74, 6) is 1.33. The zero-order valence-electron chi connectivity index (χ0n) is 20.6. The molecule has 0 bridgehead atoms. The summed E-state index contributed by atoms with van der Waals surface area (Å²) >= 11 is 0. The van der Waals surface area contributed by atoms with Crippen molar-refractivity contribution in [3.63, 3.8) is 0 Å². The highest BCUT2D eigenvalue weighted by Crippen LogP contribution is 2.38. The van der Waals surface area contributed by atoms with Gasteiger partial charge in [0.1, 0.15) is 5.54 Å². The molecule has 0 unspecified atom stereocenters.